The number of likely N-dealkylation sites (tertiary alicyclic amines) is 1. The highest BCUT2D eigenvalue weighted by Crippen LogP contribution is 2.21. The van der Waals surface area contributed by atoms with Crippen LogP contribution in [-0.2, 0) is 0 Å². The predicted molar refractivity (Wildman–Crippen MR) is 90.6 cm³/mol. The molecule has 1 aliphatic heterocycles. The van der Waals surface area contributed by atoms with Crippen molar-refractivity contribution in [2.75, 3.05) is 25.4 Å². The van der Waals surface area contributed by atoms with Gasteiger partial charge in [-0.05, 0) is 61.6 Å². The maximum atomic E-state index is 12.2. The normalized spacial score (nSPS) is 15.4. The Morgan fingerprint density at radius 1 is 1.10 bits per heavy atom. The Bertz CT molecular complexity index is 571. The first-order valence-corrected chi connectivity index (χ1v) is 9.28. The molecule has 0 amide bonds. The number of nitrogens with zero attached hydrogens (tertiary/aromatic N) is 1. The number of benzene rings is 1. The van der Waals surface area contributed by atoms with Crippen LogP contribution in [0.4, 0.5) is 0 Å². The van der Waals surface area contributed by atoms with Gasteiger partial charge in [-0.15, -0.1) is 11.8 Å². The van der Waals surface area contributed by atoms with E-state index >= 15 is 0 Å². The van der Waals surface area contributed by atoms with E-state index in [9.17, 15) is 4.79 Å². The molecule has 1 saturated heterocycles. The smallest absolute Gasteiger partial charge is 0.193 e. The van der Waals surface area contributed by atoms with Gasteiger partial charge < -0.3 is 4.90 Å². The van der Waals surface area contributed by atoms with Gasteiger partial charge in [0.2, 0.25) is 0 Å². The average molecular weight is 317 g/mol. The van der Waals surface area contributed by atoms with Crippen molar-refractivity contribution >= 4 is 28.9 Å². The highest BCUT2D eigenvalue weighted by atomic mass is 32.2. The second-order valence-electron chi connectivity index (χ2n) is 5.26. The quantitative estimate of drug-likeness (QED) is 0.589. The molecule has 1 aromatic heterocycles. The summed E-state index contributed by atoms with van der Waals surface area (Å²) in [6, 6.07) is 9.89. The van der Waals surface area contributed by atoms with Crippen LogP contribution in [0.2, 0.25) is 0 Å². The molecule has 0 saturated carbocycles. The van der Waals surface area contributed by atoms with E-state index in [-0.39, 0.29) is 5.78 Å². The summed E-state index contributed by atoms with van der Waals surface area (Å²) in [6.45, 7) is 3.68. The van der Waals surface area contributed by atoms with Crippen molar-refractivity contribution < 1.29 is 4.79 Å². The van der Waals surface area contributed by atoms with Crippen LogP contribution < -0.4 is 0 Å². The third kappa shape index (κ3) is 3.96. The van der Waals surface area contributed by atoms with Crippen molar-refractivity contribution in [2.24, 2.45) is 0 Å². The van der Waals surface area contributed by atoms with E-state index in [0.717, 1.165) is 16.9 Å². The highest BCUT2D eigenvalue weighted by molar-refractivity contribution is 7.99. The van der Waals surface area contributed by atoms with E-state index in [1.54, 1.807) is 11.3 Å². The summed E-state index contributed by atoms with van der Waals surface area (Å²) >= 11 is 3.43. The zero-order valence-electron chi connectivity index (χ0n) is 12.0. The number of thioether (sulfide) groups is 1. The molecule has 1 fully saturated rings. The molecule has 0 atom stereocenters. The van der Waals surface area contributed by atoms with Crippen molar-refractivity contribution in [3.8, 4) is 0 Å². The summed E-state index contributed by atoms with van der Waals surface area (Å²) in [5, 5.41) is 3.84. The van der Waals surface area contributed by atoms with Crippen LogP contribution >= 0.6 is 23.1 Å². The topological polar surface area (TPSA) is 20.3 Å². The van der Waals surface area contributed by atoms with Gasteiger partial charge in [0, 0.05) is 33.7 Å². The average Bonchev–Trinajstić information content (AvgIpc) is 3.21. The Balaban J connectivity index is 1.53. The minimum Gasteiger partial charge on any atom is -0.303 e. The molecule has 0 bridgehead atoms. The molecule has 0 spiro atoms. The standard InChI is InChI=1S/C17H19NOS2/c19-17(15-7-11-20-13-15)14-3-5-16(6-4-14)21-12-10-18-8-1-2-9-18/h3-7,11,13H,1-2,8-10,12H2. The Labute approximate surface area is 134 Å². The third-order valence-electron chi connectivity index (χ3n) is 3.77. The van der Waals surface area contributed by atoms with Crippen molar-refractivity contribution in [3.05, 3.63) is 52.2 Å². The van der Waals surface area contributed by atoms with E-state index in [1.165, 1.54) is 37.4 Å². The van der Waals surface area contributed by atoms with Crippen LogP contribution in [0.5, 0.6) is 0 Å². The molecule has 2 nitrogen and oxygen atoms in total. The van der Waals surface area contributed by atoms with Crippen molar-refractivity contribution in [1.82, 2.24) is 4.90 Å². The van der Waals surface area contributed by atoms with Gasteiger partial charge >= 0.3 is 0 Å². The predicted octanol–water partition coefficient (Wildman–Crippen LogP) is 4.17. The zero-order chi connectivity index (χ0) is 14.5. The lowest BCUT2D eigenvalue weighted by Gasteiger charge is -2.13. The molecular weight excluding hydrogens is 298 g/mol. The molecule has 0 N–H and O–H groups in total. The fourth-order valence-corrected chi connectivity index (χ4v) is 4.11. The summed E-state index contributed by atoms with van der Waals surface area (Å²) in [7, 11) is 0. The van der Waals surface area contributed by atoms with E-state index in [4.69, 9.17) is 0 Å². The van der Waals surface area contributed by atoms with Gasteiger partial charge in [0.25, 0.3) is 0 Å². The van der Waals surface area contributed by atoms with E-state index in [2.05, 4.69) is 17.0 Å². The van der Waals surface area contributed by atoms with Crippen molar-refractivity contribution in [3.63, 3.8) is 0 Å². The maximum Gasteiger partial charge on any atom is 0.193 e. The largest absolute Gasteiger partial charge is 0.303 e. The Morgan fingerprint density at radius 2 is 1.86 bits per heavy atom. The lowest BCUT2D eigenvalue weighted by molar-refractivity contribution is 0.103. The maximum absolute atomic E-state index is 12.2. The van der Waals surface area contributed by atoms with E-state index in [1.807, 2.05) is 40.7 Å². The third-order valence-corrected chi connectivity index (χ3v) is 5.45. The summed E-state index contributed by atoms with van der Waals surface area (Å²) in [6.07, 6.45) is 2.70. The summed E-state index contributed by atoms with van der Waals surface area (Å²) in [5.74, 6) is 1.24. The second-order valence-corrected chi connectivity index (χ2v) is 7.21. The molecule has 0 unspecified atom stereocenters. The number of thiophene rings is 1. The van der Waals surface area contributed by atoms with E-state index in [0.29, 0.717) is 0 Å². The number of rotatable bonds is 6. The summed E-state index contributed by atoms with van der Waals surface area (Å²) in [4.78, 5) is 16.0. The Morgan fingerprint density at radius 3 is 2.52 bits per heavy atom. The van der Waals surface area contributed by atoms with Gasteiger partial charge in [-0.1, -0.05) is 0 Å². The molecule has 0 aliphatic carbocycles. The lowest BCUT2D eigenvalue weighted by atomic mass is 10.1. The Kier molecular flexibility index (Phi) is 5.12. The molecule has 2 heterocycles. The van der Waals surface area contributed by atoms with Gasteiger partial charge in [-0.2, -0.15) is 11.3 Å². The monoisotopic (exact) mass is 317 g/mol. The van der Waals surface area contributed by atoms with Crippen LogP contribution in [-0.4, -0.2) is 36.1 Å². The summed E-state index contributed by atoms with van der Waals surface area (Å²) < 4.78 is 0. The van der Waals surface area contributed by atoms with Gasteiger partial charge in [0.05, 0.1) is 0 Å². The van der Waals surface area contributed by atoms with E-state index < -0.39 is 0 Å². The number of ketones is 1. The van der Waals surface area contributed by atoms with Crippen LogP contribution in [0.25, 0.3) is 0 Å². The van der Waals surface area contributed by atoms with Gasteiger partial charge in [-0.25, -0.2) is 0 Å². The lowest BCUT2D eigenvalue weighted by Crippen LogP contribution is -2.21. The fourth-order valence-electron chi connectivity index (χ4n) is 2.56. The van der Waals surface area contributed by atoms with Gasteiger partial charge in [0.15, 0.2) is 5.78 Å². The number of hydrogen-bond acceptors (Lipinski definition) is 4. The molecular formula is C17H19NOS2. The molecule has 110 valence electrons. The molecule has 1 aromatic carbocycles. The molecule has 2 aromatic rings. The van der Waals surface area contributed by atoms with Gasteiger partial charge in [-0.3, -0.25) is 4.79 Å². The van der Waals surface area contributed by atoms with Crippen LogP contribution in [0, 0.1) is 0 Å². The first kappa shape index (κ1) is 14.8. The number of hydrogen-bond donors (Lipinski definition) is 0. The zero-order valence-corrected chi connectivity index (χ0v) is 13.6. The minimum absolute atomic E-state index is 0.116. The number of carbonyl (C=O) groups is 1. The van der Waals surface area contributed by atoms with Crippen LogP contribution in [0.1, 0.15) is 28.8 Å². The highest BCUT2D eigenvalue weighted by Gasteiger charge is 2.11. The van der Waals surface area contributed by atoms with Crippen molar-refractivity contribution in [2.45, 2.75) is 17.7 Å². The Hall–Kier alpha value is -1.10. The molecule has 0 radical (unpaired) electrons. The summed E-state index contributed by atoms with van der Waals surface area (Å²) in [5.41, 5.74) is 1.56. The molecule has 21 heavy (non-hydrogen) atoms. The first-order valence-electron chi connectivity index (χ1n) is 7.35. The van der Waals surface area contributed by atoms with Crippen LogP contribution in [0.3, 0.4) is 0 Å². The number of carbonyl (C=O) groups excluding carboxylic acids is 1. The van der Waals surface area contributed by atoms with Crippen LogP contribution in [0.15, 0.2) is 46.0 Å². The SMILES string of the molecule is O=C(c1ccc(SCCN2CCCC2)cc1)c1ccsc1. The second kappa shape index (κ2) is 7.25. The molecule has 4 heteroatoms. The van der Waals surface area contributed by atoms with Crippen molar-refractivity contribution in [1.29, 1.82) is 0 Å². The molecule has 1 aliphatic rings. The fraction of sp³-hybridized carbons (Fsp3) is 0.353. The van der Waals surface area contributed by atoms with Gasteiger partial charge in [0.1, 0.15) is 0 Å². The molecule has 3 rings (SSSR count). The first-order chi connectivity index (χ1) is 10.3. The minimum atomic E-state index is 0.116.